The maximum absolute atomic E-state index is 4.75. The molecule has 7 heteroatoms. The van der Waals surface area contributed by atoms with E-state index in [1.54, 1.807) is 0 Å². The average molecular weight is 411 g/mol. The fraction of sp³-hybridized carbons (Fsp3) is 0.455. The van der Waals surface area contributed by atoms with Gasteiger partial charge in [0.2, 0.25) is 0 Å². The lowest BCUT2D eigenvalue weighted by molar-refractivity contribution is 0.249. The largest absolute Gasteiger partial charge is 0.356 e. The smallest absolute Gasteiger partial charge is 0.191 e. The Hall–Kier alpha value is -2.38. The molecule has 1 unspecified atom stereocenters. The van der Waals surface area contributed by atoms with Crippen LogP contribution in [0.25, 0.3) is 5.65 Å². The van der Waals surface area contributed by atoms with Crippen LogP contribution in [-0.4, -0.2) is 53.5 Å². The van der Waals surface area contributed by atoms with E-state index in [0.717, 1.165) is 36.8 Å². The summed E-state index contributed by atoms with van der Waals surface area (Å²) in [6.07, 6.45) is 7.62. The zero-order valence-electron chi connectivity index (χ0n) is 17.3. The Morgan fingerprint density at radius 3 is 2.83 bits per heavy atom. The third-order valence-electron chi connectivity index (χ3n) is 5.54. The summed E-state index contributed by atoms with van der Waals surface area (Å²) in [6.45, 7) is 6.14. The van der Waals surface area contributed by atoms with Crippen molar-refractivity contribution in [3.63, 3.8) is 0 Å². The molecule has 1 saturated heterocycles. The average Bonchev–Trinajstić information content (AvgIpc) is 3.49. The maximum atomic E-state index is 4.75. The Balaban J connectivity index is 1.31. The second kappa shape index (κ2) is 9.41. The van der Waals surface area contributed by atoms with Crippen LogP contribution in [0.5, 0.6) is 0 Å². The Kier molecular flexibility index (Phi) is 6.46. The van der Waals surface area contributed by atoms with Gasteiger partial charge in [-0.15, -0.1) is 11.3 Å². The summed E-state index contributed by atoms with van der Waals surface area (Å²) < 4.78 is 2.10. The van der Waals surface area contributed by atoms with Gasteiger partial charge in [0.05, 0.1) is 11.7 Å². The molecule has 0 amide bonds. The topological polar surface area (TPSA) is 57.0 Å². The number of nitrogens with zero attached hydrogens (tertiary/aromatic N) is 4. The Morgan fingerprint density at radius 2 is 2.10 bits per heavy atom. The van der Waals surface area contributed by atoms with Gasteiger partial charge < -0.3 is 15.0 Å². The van der Waals surface area contributed by atoms with Crippen LogP contribution >= 0.6 is 11.3 Å². The molecule has 154 valence electrons. The van der Waals surface area contributed by atoms with Gasteiger partial charge in [-0.05, 0) is 55.9 Å². The molecule has 1 aliphatic rings. The summed E-state index contributed by atoms with van der Waals surface area (Å²) in [5.41, 5.74) is 3.33. The van der Waals surface area contributed by atoms with Crippen LogP contribution in [0.2, 0.25) is 0 Å². The number of aliphatic imine (C=N–C) groups is 1. The Labute approximate surface area is 176 Å². The van der Waals surface area contributed by atoms with Gasteiger partial charge in [0.15, 0.2) is 5.96 Å². The predicted molar refractivity (Wildman–Crippen MR) is 121 cm³/mol. The minimum Gasteiger partial charge on any atom is -0.356 e. The van der Waals surface area contributed by atoms with Crippen molar-refractivity contribution >= 4 is 22.9 Å². The number of thiophene rings is 1. The minimum absolute atomic E-state index is 0.414. The van der Waals surface area contributed by atoms with Crippen molar-refractivity contribution < 1.29 is 0 Å². The molecular weight excluding hydrogens is 380 g/mol. The van der Waals surface area contributed by atoms with Crippen molar-refractivity contribution in [2.24, 2.45) is 4.99 Å². The lowest BCUT2D eigenvalue weighted by Gasteiger charge is -2.27. The predicted octanol–water partition coefficient (Wildman–Crippen LogP) is 3.25. The first-order valence-electron chi connectivity index (χ1n) is 10.4. The highest BCUT2D eigenvalue weighted by molar-refractivity contribution is 7.10. The molecular formula is C22H30N6S. The van der Waals surface area contributed by atoms with E-state index in [-0.39, 0.29) is 0 Å². The van der Waals surface area contributed by atoms with E-state index in [1.807, 2.05) is 18.4 Å². The van der Waals surface area contributed by atoms with Gasteiger partial charge in [-0.25, -0.2) is 4.98 Å². The monoisotopic (exact) mass is 410 g/mol. The molecule has 0 aliphatic carbocycles. The summed E-state index contributed by atoms with van der Waals surface area (Å²) >= 11 is 1.84. The summed E-state index contributed by atoms with van der Waals surface area (Å²) in [4.78, 5) is 13.2. The number of nitrogens with one attached hydrogen (secondary N) is 2. The fourth-order valence-electron chi connectivity index (χ4n) is 3.99. The zero-order valence-corrected chi connectivity index (χ0v) is 18.1. The second-order valence-corrected chi connectivity index (χ2v) is 8.54. The first kappa shape index (κ1) is 19.9. The number of hydrogen-bond acceptors (Lipinski definition) is 4. The lowest BCUT2D eigenvalue weighted by atomic mass is 10.2. The molecule has 1 aliphatic heterocycles. The van der Waals surface area contributed by atoms with E-state index in [2.05, 4.69) is 73.9 Å². The number of imidazole rings is 1. The van der Waals surface area contributed by atoms with Crippen LogP contribution in [0, 0.1) is 6.92 Å². The first-order valence-corrected chi connectivity index (χ1v) is 11.3. The molecule has 0 spiro atoms. The number of aryl methyl sites for hydroxylation is 1. The third kappa shape index (κ3) is 4.79. The fourth-order valence-corrected chi connectivity index (χ4v) is 4.85. The van der Waals surface area contributed by atoms with Crippen LogP contribution in [0.4, 0.5) is 0 Å². The van der Waals surface area contributed by atoms with Crippen LogP contribution < -0.4 is 10.6 Å². The van der Waals surface area contributed by atoms with E-state index in [9.17, 15) is 0 Å². The molecule has 4 rings (SSSR count). The molecule has 0 radical (unpaired) electrons. The summed E-state index contributed by atoms with van der Waals surface area (Å²) in [7, 11) is 1.83. The van der Waals surface area contributed by atoms with E-state index < -0.39 is 0 Å². The van der Waals surface area contributed by atoms with Gasteiger partial charge in [-0.1, -0.05) is 12.1 Å². The molecule has 0 bridgehead atoms. The molecule has 0 saturated carbocycles. The number of aromatic nitrogens is 2. The van der Waals surface area contributed by atoms with E-state index >= 15 is 0 Å². The number of pyridine rings is 1. The highest BCUT2D eigenvalue weighted by atomic mass is 32.1. The van der Waals surface area contributed by atoms with Gasteiger partial charge in [-0.3, -0.25) is 9.89 Å². The highest BCUT2D eigenvalue weighted by Gasteiger charge is 2.24. The molecule has 3 aromatic rings. The zero-order chi connectivity index (χ0) is 20.1. The van der Waals surface area contributed by atoms with Crippen LogP contribution in [-0.2, 0) is 6.42 Å². The number of guanidine groups is 1. The number of fused-ring (bicyclic) bond motifs is 1. The van der Waals surface area contributed by atoms with Gasteiger partial charge in [0.1, 0.15) is 5.65 Å². The number of hydrogen-bond donors (Lipinski definition) is 2. The standard InChI is InChI=1S/C22H30N6S/c1-17-7-5-13-28-16-18(26-21(17)28)9-10-24-22(23-2)25-15-19(20-8-6-14-29-20)27-11-3-4-12-27/h5-8,13-14,16,19H,3-4,9-12,15H2,1-2H3,(H2,23,24,25). The van der Waals surface area contributed by atoms with Crippen molar-refractivity contribution in [2.75, 3.05) is 33.2 Å². The molecule has 29 heavy (non-hydrogen) atoms. The molecule has 3 aromatic heterocycles. The SMILES string of the molecule is CN=C(NCCc1cn2cccc(C)c2n1)NCC(c1cccs1)N1CCCC1. The molecule has 0 aromatic carbocycles. The Morgan fingerprint density at radius 1 is 1.24 bits per heavy atom. The highest BCUT2D eigenvalue weighted by Crippen LogP contribution is 2.27. The van der Waals surface area contributed by atoms with Gasteiger partial charge in [0.25, 0.3) is 0 Å². The second-order valence-electron chi connectivity index (χ2n) is 7.56. The van der Waals surface area contributed by atoms with Crippen LogP contribution in [0.3, 0.4) is 0 Å². The molecule has 6 nitrogen and oxygen atoms in total. The van der Waals surface area contributed by atoms with Gasteiger partial charge >= 0.3 is 0 Å². The first-order chi connectivity index (χ1) is 14.2. The lowest BCUT2D eigenvalue weighted by Crippen LogP contribution is -2.43. The molecule has 1 atom stereocenters. The van der Waals surface area contributed by atoms with E-state index in [1.165, 1.54) is 36.4 Å². The summed E-state index contributed by atoms with van der Waals surface area (Å²) in [5, 5.41) is 9.15. The van der Waals surface area contributed by atoms with Crippen molar-refractivity contribution in [2.45, 2.75) is 32.2 Å². The molecule has 1 fully saturated rings. The summed E-state index contributed by atoms with van der Waals surface area (Å²) in [6, 6.07) is 8.96. The van der Waals surface area contributed by atoms with E-state index in [4.69, 9.17) is 4.98 Å². The van der Waals surface area contributed by atoms with Crippen molar-refractivity contribution in [1.29, 1.82) is 0 Å². The van der Waals surface area contributed by atoms with Crippen LogP contribution in [0.15, 0.2) is 47.0 Å². The third-order valence-corrected chi connectivity index (χ3v) is 6.51. The van der Waals surface area contributed by atoms with Gasteiger partial charge in [-0.2, -0.15) is 0 Å². The van der Waals surface area contributed by atoms with E-state index in [0.29, 0.717) is 6.04 Å². The van der Waals surface area contributed by atoms with Gasteiger partial charge in [0, 0.05) is 43.8 Å². The van der Waals surface area contributed by atoms with Crippen LogP contribution in [0.1, 0.15) is 35.0 Å². The number of rotatable bonds is 7. The maximum Gasteiger partial charge on any atom is 0.191 e. The quantitative estimate of drug-likeness (QED) is 0.464. The minimum atomic E-state index is 0.414. The Bertz CT molecular complexity index is 940. The van der Waals surface area contributed by atoms with Crippen molar-refractivity contribution in [3.05, 3.63) is 58.2 Å². The number of likely N-dealkylation sites (tertiary alicyclic amines) is 1. The van der Waals surface area contributed by atoms with Crippen molar-refractivity contribution in [1.82, 2.24) is 24.9 Å². The molecule has 4 heterocycles. The normalized spacial score (nSPS) is 16.4. The summed E-state index contributed by atoms with van der Waals surface area (Å²) in [5.74, 6) is 0.852. The molecule has 2 N–H and O–H groups in total. The van der Waals surface area contributed by atoms with Crippen molar-refractivity contribution in [3.8, 4) is 0 Å².